The molecular formula is C21H26F3IN4O2. The molecule has 0 spiro atoms. The number of benzene rings is 2. The van der Waals surface area contributed by atoms with E-state index in [0.29, 0.717) is 36.8 Å². The van der Waals surface area contributed by atoms with Gasteiger partial charge < -0.3 is 20.7 Å². The monoisotopic (exact) mass is 550 g/mol. The number of hydrogen-bond donors (Lipinski definition) is 3. The van der Waals surface area contributed by atoms with Crippen molar-refractivity contribution < 1.29 is 22.7 Å². The molecule has 1 amide bonds. The van der Waals surface area contributed by atoms with Crippen LogP contribution in [0.25, 0.3) is 0 Å². The minimum atomic E-state index is -4.36. The lowest BCUT2D eigenvalue weighted by atomic mass is 10.1. The molecule has 0 unspecified atom stereocenters. The number of halogens is 4. The number of carbonyl (C=O) groups excluding carboxylic acids is 1. The van der Waals surface area contributed by atoms with Crippen LogP contribution in [-0.4, -0.2) is 45.7 Å². The van der Waals surface area contributed by atoms with Crippen molar-refractivity contribution in [2.75, 3.05) is 33.8 Å². The lowest BCUT2D eigenvalue weighted by Gasteiger charge is -2.13. The number of nitrogens with one attached hydrogen (secondary N) is 3. The van der Waals surface area contributed by atoms with E-state index in [2.05, 4.69) is 20.9 Å². The molecule has 0 aromatic heterocycles. The first-order chi connectivity index (χ1) is 14.3. The molecule has 6 nitrogen and oxygen atoms in total. The second-order valence-corrected chi connectivity index (χ2v) is 6.33. The fourth-order valence-corrected chi connectivity index (χ4v) is 2.64. The first kappa shape index (κ1) is 26.5. The van der Waals surface area contributed by atoms with Crippen molar-refractivity contribution in [1.29, 1.82) is 0 Å². The van der Waals surface area contributed by atoms with Crippen molar-refractivity contribution >= 4 is 35.8 Å². The van der Waals surface area contributed by atoms with Crippen LogP contribution in [0.5, 0.6) is 5.75 Å². The van der Waals surface area contributed by atoms with Crippen molar-refractivity contribution in [2.45, 2.75) is 12.6 Å². The molecule has 170 valence electrons. The van der Waals surface area contributed by atoms with E-state index in [1.54, 1.807) is 20.2 Å². The maximum atomic E-state index is 12.5. The van der Waals surface area contributed by atoms with Crippen LogP contribution in [0, 0.1) is 0 Å². The number of amides is 1. The zero-order valence-corrected chi connectivity index (χ0v) is 19.6. The molecule has 0 aliphatic heterocycles. The third-order valence-corrected chi connectivity index (χ3v) is 4.19. The van der Waals surface area contributed by atoms with Gasteiger partial charge in [0.05, 0.1) is 12.1 Å². The highest BCUT2D eigenvalue weighted by Crippen LogP contribution is 2.30. The van der Waals surface area contributed by atoms with Gasteiger partial charge in [-0.2, -0.15) is 13.2 Å². The Morgan fingerprint density at radius 3 is 2.35 bits per heavy atom. The van der Waals surface area contributed by atoms with Crippen LogP contribution < -0.4 is 20.7 Å². The summed E-state index contributed by atoms with van der Waals surface area (Å²) < 4.78 is 43.1. The van der Waals surface area contributed by atoms with Gasteiger partial charge in [0.15, 0.2) is 5.96 Å². The third-order valence-electron chi connectivity index (χ3n) is 4.19. The number of ether oxygens (including phenoxy) is 1. The van der Waals surface area contributed by atoms with Crippen molar-refractivity contribution in [3.8, 4) is 5.75 Å². The van der Waals surface area contributed by atoms with Gasteiger partial charge in [0.2, 0.25) is 0 Å². The Bertz CT molecular complexity index is 858. The molecule has 0 bridgehead atoms. The number of alkyl halides is 3. The minimum Gasteiger partial charge on any atom is -0.492 e. The maximum Gasteiger partial charge on any atom is 0.416 e. The van der Waals surface area contributed by atoms with E-state index in [1.165, 1.54) is 12.1 Å². The third kappa shape index (κ3) is 9.03. The first-order valence-electron chi connectivity index (χ1n) is 9.39. The topological polar surface area (TPSA) is 74.8 Å². The summed E-state index contributed by atoms with van der Waals surface area (Å²) in [7, 11) is 3.23. The van der Waals surface area contributed by atoms with Crippen LogP contribution in [0.4, 0.5) is 13.2 Å². The average Bonchev–Trinajstić information content (AvgIpc) is 2.74. The number of carbonyl (C=O) groups is 1. The predicted octanol–water partition coefficient (Wildman–Crippen LogP) is 3.47. The SMILES string of the molecule is CN=C(NCCOc1ccc(C(F)(F)F)cc1)NCCc1cccc(C(=O)NC)c1.I. The largest absolute Gasteiger partial charge is 0.492 e. The van der Waals surface area contributed by atoms with E-state index in [9.17, 15) is 18.0 Å². The zero-order chi connectivity index (χ0) is 22.0. The van der Waals surface area contributed by atoms with Crippen molar-refractivity contribution in [2.24, 2.45) is 4.99 Å². The summed E-state index contributed by atoms with van der Waals surface area (Å²) in [6.07, 6.45) is -3.66. The molecular weight excluding hydrogens is 524 g/mol. The van der Waals surface area contributed by atoms with Gasteiger partial charge in [0, 0.05) is 26.2 Å². The van der Waals surface area contributed by atoms with Crippen LogP contribution in [-0.2, 0) is 12.6 Å². The van der Waals surface area contributed by atoms with Gasteiger partial charge >= 0.3 is 6.18 Å². The summed E-state index contributed by atoms with van der Waals surface area (Å²) >= 11 is 0. The quantitative estimate of drug-likeness (QED) is 0.204. The van der Waals surface area contributed by atoms with Crippen LogP contribution >= 0.6 is 24.0 Å². The molecule has 0 atom stereocenters. The Morgan fingerprint density at radius 1 is 1.06 bits per heavy atom. The van der Waals surface area contributed by atoms with Crippen LogP contribution in [0.3, 0.4) is 0 Å². The Morgan fingerprint density at radius 2 is 1.74 bits per heavy atom. The van der Waals surface area contributed by atoms with Gasteiger partial charge in [-0.15, -0.1) is 24.0 Å². The summed E-state index contributed by atoms with van der Waals surface area (Å²) in [6, 6.07) is 12.0. The highest BCUT2D eigenvalue weighted by Gasteiger charge is 2.29. The normalized spacial score (nSPS) is 11.3. The number of hydrogen-bond acceptors (Lipinski definition) is 3. The molecule has 31 heavy (non-hydrogen) atoms. The van der Waals surface area contributed by atoms with Gasteiger partial charge in [-0.25, -0.2) is 0 Å². The van der Waals surface area contributed by atoms with E-state index in [1.807, 2.05) is 18.2 Å². The van der Waals surface area contributed by atoms with Crippen LogP contribution in [0.15, 0.2) is 53.5 Å². The molecule has 0 fully saturated rings. The minimum absolute atomic E-state index is 0. The highest BCUT2D eigenvalue weighted by molar-refractivity contribution is 14.0. The molecule has 2 aromatic rings. The molecule has 0 aliphatic carbocycles. The summed E-state index contributed by atoms with van der Waals surface area (Å²) in [4.78, 5) is 15.8. The maximum absolute atomic E-state index is 12.5. The summed E-state index contributed by atoms with van der Waals surface area (Å²) in [6.45, 7) is 1.30. The van der Waals surface area contributed by atoms with Gasteiger partial charge in [0.25, 0.3) is 5.91 Å². The lowest BCUT2D eigenvalue weighted by Crippen LogP contribution is -2.40. The van der Waals surface area contributed by atoms with Gasteiger partial charge in [0.1, 0.15) is 12.4 Å². The summed E-state index contributed by atoms with van der Waals surface area (Å²) in [5.74, 6) is 0.813. The fourth-order valence-electron chi connectivity index (χ4n) is 2.64. The standard InChI is InChI=1S/C21H25F3N4O2.HI/c1-25-19(29)16-5-3-4-15(14-16)10-11-27-20(26-2)28-12-13-30-18-8-6-17(7-9-18)21(22,23)24;/h3-9,14H,10-13H2,1-2H3,(H,25,29)(H2,26,27,28);1H. The number of rotatable bonds is 8. The smallest absolute Gasteiger partial charge is 0.416 e. The molecule has 0 saturated heterocycles. The summed E-state index contributed by atoms with van der Waals surface area (Å²) in [5, 5.41) is 8.83. The molecule has 0 radical (unpaired) electrons. The zero-order valence-electron chi connectivity index (χ0n) is 17.3. The first-order valence-corrected chi connectivity index (χ1v) is 9.39. The van der Waals surface area contributed by atoms with Gasteiger partial charge in [-0.1, -0.05) is 12.1 Å². The number of nitrogens with zero attached hydrogens (tertiary/aromatic N) is 1. The second kappa shape index (κ2) is 13.0. The van der Waals surface area contributed by atoms with E-state index in [-0.39, 0.29) is 36.5 Å². The van der Waals surface area contributed by atoms with Gasteiger partial charge in [-0.05, 0) is 48.4 Å². The van der Waals surface area contributed by atoms with Crippen molar-refractivity contribution in [3.05, 3.63) is 65.2 Å². The Balaban J connectivity index is 0.00000480. The average molecular weight is 550 g/mol. The molecule has 2 aromatic carbocycles. The van der Waals surface area contributed by atoms with E-state index >= 15 is 0 Å². The molecule has 10 heteroatoms. The summed E-state index contributed by atoms with van der Waals surface area (Å²) in [5.41, 5.74) is 0.918. The van der Waals surface area contributed by atoms with E-state index in [4.69, 9.17) is 4.74 Å². The predicted molar refractivity (Wildman–Crippen MR) is 125 cm³/mol. The molecule has 0 saturated carbocycles. The van der Waals surface area contributed by atoms with E-state index in [0.717, 1.165) is 17.7 Å². The second-order valence-electron chi connectivity index (χ2n) is 6.33. The van der Waals surface area contributed by atoms with Crippen molar-refractivity contribution in [1.82, 2.24) is 16.0 Å². The molecule has 0 heterocycles. The number of guanidine groups is 1. The molecule has 3 N–H and O–H groups in total. The Labute approximate surface area is 196 Å². The van der Waals surface area contributed by atoms with Crippen molar-refractivity contribution in [3.63, 3.8) is 0 Å². The Kier molecular flexibility index (Phi) is 11.2. The fraction of sp³-hybridized carbons (Fsp3) is 0.333. The van der Waals surface area contributed by atoms with E-state index < -0.39 is 11.7 Å². The van der Waals surface area contributed by atoms with Crippen LogP contribution in [0.1, 0.15) is 21.5 Å². The molecule has 2 rings (SSSR count). The number of aliphatic imine (C=N–C) groups is 1. The van der Waals surface area contributed by atoms with Crippen LogP contribution in [0.2, 0.25) is 0 Å². The highest BCUT2D eigenvalue weighted by atomic mass is 127. The molecule has 0 aliphatic rings. The van der Waals surface area contributed by atoms with Gasteiger partial charge in [-0.3, -0.25) is 9.79 Å². The Hall–Kier alpha value is -2.50. The lowest BCUT2D eigenvalue weighted by molar-refractivity contribution is -0.137.